The average molecular weight is 458 g/mol. The van der Waals surface area contributed by atoms with Crippen LogP contribution in [0.15, 0.2) is 47.0 Å². The molecule has 2 aromatic rings. The highest BCUT2D eigenvalue weighted by Crippen LogP contribution is 2.60. The third kappa shape index (κ3) is 4.76. The van der Waals surface area contributed by atoms with E-state index in [1.165, 1.54) is 0 Å². The molecule has 0 radical (unpaired) electrons. The van der Waals surface area contributed by atoms with Crippen molar-refractivity contribution in [3.05, 3.63) is 75.5 Å². The van der Waals surface area contributed by atoms with Gasteiger partial charge in [0.15, 0.2) is 11.6 Å². The standard InChI is InChI=1S/C22H20Cl2F3NO2/c1-22(2)14(8-17(23)24)18(22)21(29)30-11-13-19(27)15(25)9-16(26)20(13)28-10-12-6-4-3-5-7-12/h3-9,14,18,28H,10-11H2,1-2H3/t14-,18+/m0/s1. The molecule has 3 nitrogen and oxygen atoms in total. The zero-order chi connectivity index (χ0) is 22.1. The molecule has 1 N–H and O–H groups in total. The smallest absolute Gasteiger partial charge is 0.310 e. The highest BCUT2D eigenvalue weighted by Gasteiger charge is 2.61. The highest BCUT2D eigenvalue weighted by molar-refractivity contribution is 6.55. The zero-order valence-electron chi connectivity index (χ0n) is 16.3. The second-order valence-electron chi connectivity index (χ2n) is 7.74. The Kier molecular flexibility index (Phi) is 6.68. The maximum Gasteiger partial charge on any atom is 0.310 e. The summed E-state index contributed by atoms with van der Waals surface area (Å²) in [6.45, 7) is 3.24. The van der Waals surface area contributed by atoms with E-state index in [2.05, 4.69) is 5.32 Å². The first kappa shape index (κ1) is 22.5. The third-order valence-corrected chi connectivity index (χ3v) is 5.66. The average Bonchev–Trinajstić information content (AvgIpc) is 3.22. The van der Waals surface area contributed by atoms with Gasteiger partial charge in [0.1, 0.15) is 16.9 Å². The van der Waals surface area contributed by atoms with E-state index in [1.54, 1.807) is 30.3 Å². The molecule has 0 spiro atoms. The molecule has 0 bridgehead atoms. The number of allylic oxidation sites excluding steroid dienone is 1. The van der Waals surface area contributed by atoms with Crippen molar-refractivity contribution in [2.75, 3.05) is 5.32 Å². The lowest BCUT2D eigenvalue weighted by Gasteiger charge is -2.15. The largest absolute Gasteiger partial charge is 0.460 e. The molecule has 0 heterocycles. The fourth-order valence-electron chi connectivity index (χ4n) is 3.57. The summed E-state index contributed by atoms with van der Waals surface area (Å²) in [7, 11) is 0. The summed E-state index contributed by atoms with van der Waals surface area (Å²) in [4.78, 5) is 12.5. The quantitative estimate of drug-likeness (QED) is 0.388. The maximum atomic E-state index is 14.4. The van der Waals surface area contributed by atoms with Crippen LogP contribution in [-0.2, 0) is 22.7 Å². The van der Waals surface area contributed by atoms with Gasteiger partial charge in [-0.25, -0.2) is 13.2 Å². The molecule has 3 rings (SSSR count). The molecule has 0 saturated heterocycles. The summed E-state index contributed by atoms with van der Waals surface area (Å²) in [5, 5.41) is 2.77. The predicted octanol–water partition coefficient (Wildman–Crippen LogP) is 6.35. The normalized spacial score (nSPS) is 19.2. The fraction of sp³-hybridized carbons (Fsp3) is 0.318. The van der Waals surface area contributed by atoms with E-state index < -0.39 is 46.9 Å². The van der Waals surface area contributed by atoms with E-state index in [1.807, 2.05) is 19.9 Å². The number of carbonyl (C=O) groups is 1. The zero-order valence-corrected chi connectivity index (χ0v) is 17.8. The number of hydrogen-bond donors (Lipinski definition) is 1. The Morgan fingerprint density at radius 3 is 2.47 bits per heavy atom. The van der Waals surface area contributed by atoms with Crippen LogP contribution in [0, 0.1) is 34.7 Å². The Bertz CT molecular complexity index is 976. The van der Waals surface area contributed by atoms with Gasteiger partial charge in [-0.1, -0.05) is 67.4 Å². The van der Waals surface area contributed by atoms with Gasteiger partial charge in [-0.15, -0.1) is 0 Å². The molecule has 1 aliphatic carbocycles. The summed E-state index contributed by atoms with van der Waals surface area (Å²) in [5.41, 5.74) is -0.262. The van der Waals surface area contributed by atoms with E-state index in [4.69, 9.17) is 27.9 Å². The van der Waals surface area contributed by atoms with E-state index in [0.717, 1.165) is 5.56 Å². The number of hydrogen-bond acceptors (Lipinski definition) is 3. The summed E-state index contributed by atoms with van der Waals surface area (Å²) in [6, 6.07) is 9.49. The Hall–Kier alpha value is -2.18. The van der Waals surface area contributed by atoms with Crippen molar-refractivity contribution < 1.29 is 22.7 Å². The molecule has 2 atom stereocenters. The van der Waals surface area contributed by atoms with Crippen molar-refractivity contribution in [2.45, 2.75) is 27.0 Å². The SMILES string of the molecule is CC1(C)[C@@H](C=C(Cl)Cl)[C@@H]1C(=O)OCc1c(F)c(F)cc(F)c1NCc1ccccc1. The molecule has 1 fully saturated rings. The van der Waals surface area contributed by atoms with Crippen molar-refractivity contribution in [3.63, 3.8) is 0 Å². The van der Waals surface area contributed by atoms with Gasteiger partial charge < -0.3 is 10.1 Å². The number of nitrogens with one attached hydrogen (secondary N) is 1. The fourth-order valence-corrected chi connectivity index (χ4v) is 3.84. The van der Waals surface area contributed by atoms with Crippen LogP contribution in [0.3, 0.4) is 0 Å². The van der Waals surface area contributed by atoms with E-state index in [0.29, 0.717) is 6.07 Å². The summed E-state index contributed by atoms with van der Waals surface area (Å²) >= 11 is 11.4. The molecule has 1 saturated carbocycles. The van der Waals surface area contributed by atoms with E-state index >= 15 is 0 Å². The van der Waals surface area contributed by atoms with Crippen LogP contribution in [0.1, 0.15) is 25.0 Å². The van der Waals surface area contributed by atoms with Crippen molar-refractivity contribution in [3.8, 4) is 0 Å². The second-order valence-corrected chi connectivity index (χ2v) is 8.74. The van der Waals surface area contributed by atoms with E-state index in [-0.39, 0.29) is 22.6 Å². The lowest BCUT2D eigenvalue weighted by atomic mass is 10.1. The van der Waals surface area contributed by atoms with Gasteiger partial charge in [-0.05, 0) is 23.0 Å². The van der Waals surface area contributed by atoms with Crippen LogP contribution in [0.5, 0.6) is 0 Å². The molecule has 0 amide bonds. The van der Waals surface area contributed by atoms with Crippen molar-refractivity contribution >= 4 is 34.9 Å². The summed E-state index contributed by atoms with van der Waals surface area (Å²) in [6.07, 6.45) is 1.55. The summed E-state index contributed by atoms with van der Waals surface area (Å²) < 4.78 is 47.8. The minimum absolute atomic E-state index is 0.0361. The van der Waals surface area contributed by atoms with Gasteiger partial charge in [0.2, 0.25) is 0 Å². The molecular formula is C22H20Cl2F3NO2. The molecule has 0 unspecified atom stereocenters. The number of carbonyl (C=O) groups excluding carboxylic acids is 1. The van der Waals surface area contributed by atoms with Gasteiger partial charge in [0, 0.05) is 12.6 Å². The van der Waals surface area contributed by atoms with Gasteiger partial charge in [0.05, 0.1) is 17.2 Å². The lowest BCUT2D eigenvalue weighted by Crippen LogP contribution is -2.14. The molecular weight excluding hydrogens is 438 g/mol. The summed E-state index contributed by atoms with van der Waals surface area (Å²) in [5.74, 6) is -4.99. The Balaban J connectivity index is 1.76. The minimum Gasteiger partial charge on any atom is -0.460 e. The molecule has 160 valence electrons. The number of halogens is 5. The Labute approximate surface area is 182 Å². The lowest BCUT2D eigenvalue weighted by molar-refractivity contribution is -0.147. The van der Waals surface area contributed by atoms with Crippen LogP contribution < -0.4 is 5.32 Å². The molecule has 30 heavy (non-hydrogen) atoms. The van der Waals surface area contributed by atoms with Crippen LogP contribution in [-0.4, -0.2) is 5.97 Å². The minimum atomic E-state index is -1.36. The van der Waals surface area contributed by atoms with Gasteiger partial charge >= 0.3 is 5.97 Å². The van der Waals surface area contributed by atoms with Gasteiger partial charge in [0.25, 0.3) is 0 Å². The number of ether oxygens (including phenoxy) is 1. The van der Waals surface area contributed by atoms with Crippen LogP contribution in [0.2, 0.25) is 0 Å². The monoisotopic (exact) mass is 457 g/mol. The number of benzene rings is 2. The van der Waals surface area contributed by atoms with Crippen LogP contribution in [0.25, 0.3) is 0 Å². The van der Waals surface area contributed by atoms with Crippen LogP contribution >= 0.6 is 23.2 Å². The van der Waals surface area contributed by atoms with Crippen molar-refractivity contribution in [1.29, 1.82) is 0 Å². The predicted molar refractivity (Wildman–Crippen MR) is 110 cm³/mol. The molecule has 2 aromatic carbocycles. The third-order valence-electron chi connectivity index (χ3n) is 5.41. The van der Waals surface area contributed by atoms with Crippen molar-refractivity contribution in [1.82, 2.24) is 0 Å². The molecule has 0 aliphatic heterocycles. The first-order chi connectivity index (χ1) is 14.1. The Morgan fingerprint density at radius 2 is 1.83 bits per heavy atom. The highest BCUT2D eigenvalue weighted by atomic mass is 35.5. The first-order valence-electron chi connectivity index (χ1n) is 9.26. The molecule has 1 aliphatic rings. The Morgan fingerprint density at radius 1 is 1.17 bits per heavy atom. The van der Waals surface area contributed by atoms with Crippen molar-refractivity contribution in [2.24, 2.45) is 17.3 Å². The topological polar surface area (TPSA) is 38.3 Å². The van der Waals surface area contributed by atoms with Gasteiger partial charge in [-0.3, -0.25) is 4.79 Å². The number of anilines is 1. The molecule has 0 aromatic heterocycles. The second kappa shape index (κ2) is 8.90. The van der Waals surface area contributed by atoms with Crippen LogP contribution in [0.4, 0.5) is 18.9 Å². The first-order valence-corrected chi connectivity index (χ1v) is 10.0. The maximum absolute atomic E-state index is 14.4. The number of rotatable bonds is 7. The van der Waals surface area contributed by atoms with Gasteiger partial charge in [-0.2, -0.15) is 0 Å². The number of esters is 1. The van der Waals surface area contributed by atoms with E-state index in [9.17, 15) is 18.0 Å². The molecule has 8 heteroatoms.